The number of aromatic nitrogens is 2. The maximum atomic E-state index is 11.4. The normalized spacial score (nSPS) is 10.7. The van der Waals surface area contributed by atoms with Gasteiger partial charge in [-0.05, 0) is 31.0 Å². The van der Waals surface area contributed by atoms with Crippen molar-refractivity contribution in [3.63, 3.8) is 0 Å². The van der Waals surface area contributed by atoms with Gasteiger partial charge < -0.3 is 5.73 Å². The third-order valence-electron chi connectivity index (χ3n) is 2.88. The third-order valence-corrected chi connectivity index (χ3v) is 2.88. The molecule has 84 valence electrons. The maximum absolute atomic E-state index is 11.4. The van der Waals surface area contributed by atoms with Gasteiger partial charge in [-0.2, -0.15) is 0 Å². The zero-order valence-corrected chi connectivity index (χ0v) is 9.42. The summed E-state index contributed by atoms with van der Waals surface area (Å²) >= 11 is 0. The van der Waals surface area contributed by atoms with Crippen LogP contribution in [0, 0.1) is 13.8 Å². The molecule has 16 heavy (non-hydrogen) atoms. The van der Waals surface area contributed by atoms with Gasteiger partial charge in [-0.15, -0.1) is 0 Å². The van der Waals surface area contributed by atoms with Crippen LogP contribution >= 0.6 is 0 Å². The van der Waals surface area contributed by atoms with Crippen LogP contribution in [0.4, 0.5) is 0 Å². The van der Waals surface area contributed by atoms with E-state index in [-0.39, 0.29) is 12.1 Å². The second-order valence-electron chi connectivity index (χ2n) is 3.94. The number of hydrogen-bond acceptors (Lipinski definition) is 2. The highest BCUT2D eigenvalue weighted by atomic mass is 16.1. The van der Waals surface area contributed by atoms with Crippen LogP contribution in [0.15, 0.2) is 23.0 Å². The summed E-state index contributed by atoms with van der Waals surface area (Å²) in [4.78, 5) is 11.4. The Morgan fingerprint density at radius 3 is 2.56 bits per heavy atom. The molecule has 0 aliphatic rings. The summed E-state index contributed by atoms with van der Waals surface area (Å²) in [7, 11) is 0. The van der Waals surface area contributed by atoms with Crippen LogP contribution in [0.3, 0.4) is 0 Å². The van der Waals surface area contributed by atoms with Crippen LogP contribution < -0.4 is 11.3 Å². The Labute approximate surface area is 93.5 Å². The summed E-state index contributed by atoms with van der Waals surface area (Å²) in [6.07, 6.45) is 0. The summed E-state index contributed by atoms with van der Waals surface area (Å²) in [6, 6.07) is 6.07. The highest BCUT2D eigenvalue weighted by Crippen LogP contribution is 2.21. The van der Waals surface area contributed by atoms with E-state index in [9.17, 15) is 4.79 Å². The molecule has 0 aliphatic heterocycles. The molecule has 1 aromatic heterocycles. The lowest BCUT2D eigenvalue weighted by atomic mass is 10.0. The number of hydrogen-bond donors (Lipinski definition) is 3. The average Bonchev–Trinajstić information content (AvgIpc) is 2.63. The van der Waals surface area contributed by atoms with Gasteiger partial charge in [0, 0.05) is 12.1 Å². The van der Waals surface area contributed by atoms with Crippen LogP contribution in [0.25, 0.3) is 11.3 Å². The number of aromatic amines is 2. The predicted molar refractivity (Wildman–Crippen MR) is 64.2 cm³/mol. The van der Waals surface area contributed by atoms with Gasteiger partial charge in [0.25, 0.3) is 5.56 Å². The Morgan fingerprint density at radius 2 is 1.94 bits per heavy atom. The van der Waals surface area contributed by atoms with Crippen LogP contribution in [-0.4, -0.2) is 10.2 Å². The summed E-state index contributed by atoms with van der Waals surface area (Å²) in [5, 5.41) is 5.43. The van der Waals surface area contributed by atoms with Crippen molar-refractivity contribution in [3.05, 3.63) is 45.2 Å². The second kappa shape index (κ2) is 3.98. The Morgan fingerprint density at radius 1 is 1.19 bits per heavy atom. The van der Waals surface area contributed by atoms with Gasteiger partial charge in [0.1, 0.15) is 0 Å². The minimum atomic E-state index is -0.143. The quantitative estimate of drug-likeness (QED) is 0.712. The monoisotopic (exact) mass is 217 g/mol. The fourth-order valence-corrected chi connectivity index (χ4v) is 1.72. The van der Waals surface area contributed by atoms with Crippen molar-refractivity contribution >= 4 is 0 Å². The van der Waals surface area contributed by atoms with Crippen LogP contribution in [-0.2, 0) is 6.54 Å². The standard InChI is InChI=1S/C12H15N3O/c1-7-3-4-9(5-8(7)2)11-10(6-13)12(16)15-14-11/h3-5H,6,13H2,1-2H3,(H2,14,15,16). The lowest BCUT2D eigenvalue weighted by Gasteiger charge is -2.04. The highest BCUT2D eigenvalue weighted by molar-refractivity contribution is 5.64. The summed E-state index contributed by atoms with van der Waals surface area (Å²) in [6.45, 7) is 4.34. The highest BCUT2D eigenvalue weighted by Gasteiger charge is 2.10. The van der Waals surface area contributed by atoms with Crippen molar-refractivity contribution in [3.8, 4) is 11.3 Å². The first kappa shape index (κ1) is 10.7. The molecular weight excluding hydrogens is 202 g/mol. The molecule has 0 amide bonds. The lowest BCUT2D eigenvalue weighted by molar-refractivity contribution is 1.04. The molecule has 2 aromatic rings. The number of nitrogens with one attached hydrogen (secondary N) is 2. The lowest BCUT2D eigenvalue weighted by Crippen LogP contribution is -2.10. The van der Waals surface area contributed by atoms with Crippen molar-refractivity contribution in [1.29, 1.82) is 0 Å². The van der Waals surface area contributed by atoms with Crippen molar-refractivity contribution in [1.82, 2.24) is 10.2 Å². The van der Waals surface area contributed by atoms with E-state index in [1.54, 1.807) is 0 Å². The van der Waals surface area contributed by atoms with E-state index < -0.39 is 0 Å². The number of H-pyrrole nitrogens is 2. The molecule has 0 saturated heterocycles. The van der Waals surface area contributed by atoms with E-state index in [0.717, 1.165) is 11.3 Å². The van der Waals surface area contributed by atoms with Gasteiger partial charge in [-0.1, -0.05) is 12.1 Å². The maximum Gasteiger partial charge on any atom is 0.269 e. The molecule has 0 atom stereocenters. The van der Waals surface area contributed by atoms with Gasteiger partial charge >= 0.3 is 0 Å². The minimum absolute atomic E-state index is 0.143. The Balaban J connectivity index is 2.58. The van der Waals surface area contributed by atoms with Crippen LogP contribution in [0.5, 0.6) is 0 Å². The van der Waals surface area contributed by atoms with Gasteiger partial charge in [0.2, 0.25) is 0 Å². The number of nitrogens with two attached hydrogens (primary N) is 1. The first-order valence-electron chi connectivity index (χ1n) is 5.20. The minimum Gasteiger partial charge on any atom is -0.326 e. The van der Waals surface area contributed by atoms with Crippen molar-refractivity contribution in [2.45, 2.75) is 20.4 Å². The average molecular weight is 217 g/mol. The third kappa shape index (κ3) is 1.67. The van der Waals surface area contributed by atoms with E-state index >= 15 is 0 Å². The zero-order chi connectivity index (χ0) is 11.7. The molecule has 1 aromatic carbocycles. The Hall–Kier alpha value is -1.81. The van der Waals surface area contributed by atoms with Gasteiger partial charge in [-0.3, -0.25) is 15.0 Å². The first-order valence-corrected chi connectivity index (χ1v) is 5.20. The largest absolute Gasteiger partial charge is 0.326 e. The van der Waals surface area contributed by atoms with E-state index in [4.69, 9.17) is 5.73 Å². The molecule has 0 fully saturated rings. The predicted octanol–water partition coefficient (Wildman–Crippen LogP) is 1.45. The van der Waals surface area contributed by atoms with Crippen molar-refractivity contribution in [2.24, 2.45) is 5.73 Å². The number of aryl methyl sites for hydroxylation is 2. The molecule has 4 heteroatoms. The van der Waals surface area contributed by atoms with Gasteiger partial charge in [-0.25, -0.2) is 0 Å². The molecule has 1 heterocycles. The van der Waals surface area contributed by atoms with E-state index in [1.807, 2.05) is 25.1 Å². The van der Waals surface area contributed by atoms with E-state index in [2.05, 4.69) is 17.1 Å². The molecule has 0 bridgehead atoms. The molecule has 2 rings (SSSR count). The molecular formula is C12H15N3O. The SMILES string of the molecule is Cc1ccc(-c2[nH][nH]c(=O)c2CN)cc1C. The molecule has 0 spiro atoms. The molecule has 0 unspecified atom stereocenters. The Kier molecular flexibility index (Phi) is 2.66. The first-order chi connectivity index (χ1) is 7.63. The summed E-state index contributed by atoms with van der Waals surface area (Å²) in [5.74, 6) is 0. The summed E-state index contributed by atoms with van der Waals surface area (Å²) < 4.78 is 0. The zero-order valence-electron chi connectivity index (χ0n) is 9.42. The van der Waals surface area contributed by atoms with Gasteiger partial charge in [0.05, 0.1) is 11.3 Å². The molecule has 0 radical (unpaired) electrons. The van der Waals surface area contributed by atoms with Crippen molar-refractivity contribution < 1.29 is 0 Å². The molecule has 4 nitrogen and oxygen atoms in total. The Bertz CT molecular complexity index is 566. The summed E-state index contributed by atoms with van der Waals surface area (Å²) in [5.41, 5.74) is 10.2. The van der Waals surface area contributed by atoms with E-state index in [0.29, 0.717) is 5.56 Å². The fraction of sp³-hybridized carbons (Fsp3) is 0.250. The number of rotatable bonds is 2. The fourth-order valence-electron chi connectivity index (χ4n) is 1.72. The molecule has 4 N–H and O–H groups in total. The second-order valence-corrected chi connectivity index (χ2v) is 3.94. The van der Waals surface area contributed by atoms with Crippen molar-refractivity contribution in [2.75, 3.05) is 0 Å². The van der Waals surface area contributed by atoms with E-state index in [1.165, 1.54) is 11.1 Å². The van der Waals surface area contributed by atoms with Gasteiger partial charge in [0.15, 0.2) is 0 Å². The number of benzene rings is 1. The smallest absolute Gasteiger partial charge is 0.269 e. The van der Waals surface area contributed by atoms with Crippen LogP contribution in [0.2, 0.25) is 0 Å². The molecule has 0 aliphatic carbocycles. The van der Waals surface area contributed by atoms with Crippen LogP contribution in [0.1, 0.15) is 16.7 Å². The molecule has 0 saturated carbocycles. The topological polar surface area (TPSA) is 74.7 Å².